The van der Waals surface area contributed by atoms with Gasteiger partial charge in [0.1, 0.15) is 5.82 Å². The van der Waals surface area contributed by atoms with Crippen LogP contribution in [-0.2, 0) is 4.74 Å². The molecule has 0 heterocycles. The van der Waals surface area contributed by atoms with Gasteiger partial charge in [-0.3, -0.25) is 0 Å². The van der Waals surface area contributed by atoms with Crippen LogP contribution in [0.2, 0.25) is 0 Å². The Hall–Kier alpha value is -1.13. The fourth-order valence-electron chi connectivity index (χ4n) is 2.86. The lowest BCUT2D eigenvalue weighted by atomic mass is 10.0. The van der Waals surface area contributed by atoms with Gasteiger partial charge >= 0.3 is 0 Å². The first-order valence-corrected chi connectivity index (χ1v) is 7.77. The predicted octanol–water partition coefficient (Wildman–Crippen LogP) is 3.41. The highest BCUT2D eigenvalue weighted by molar-refractivity contribution is 5.58. The molecule has 0 saturated heterocycles. The monoisotopic (exact) mass is 294 g/mol. The van der Waals surface area contributed by atoms with Gasteiger partial charge in [0.05, 0.1) is 6.61 Å². The number of hydrogen-bond acceptors (Lipinski definition) is 3. The highest BCUT2D eigenvalue weighted by Crippen LogP contribution is 2.39. The van der Waals surface area contributed by atoms with Gasteiger partial charge in [-0.1, -0.05) is 0 Å². The van der Waals surface area contributed by atoms with Crippen molar-refractivity contribution in [2.75, 3.05) is 25.2 Å². The summed E-state index contributed by atoms with van der Waals surface area (Å²) in [5, 5.41) is 0. The standard InChI is InChI=1S/C17H27FN2O/c1-11-9-17(15(12(2)19)10-16(11)18)20(7-8-21-4)13(3)14-5-6-14/h9-10,12-14H,5-8,19H2,1-4H3/t12-,13?/m1/s1. The molecule has 0 aromatic heterocycles. The van der Waals surface area contributed by atoms with Gasteiger partial charge in [0.25, 0.3) is 0 Å². The quantitative estimate of drug-likeness (QED) is 0.837. The minimum Gasteiger partial charge on any atom is -0.383 e. The first-order valence-electron chi connectivity index (χ1n) is 7.77. The average molecular weight is 294 g/mol. The number of rotatable bonds is 7. The fourth-order valence-corrected chi connectivity index (χ4v) is 2.86. The van der Waals surface area contributed by atoms with E-state index in [2.05, 4.69) is 11.8 Å². The SMILES string of the molecule is COCCN(c1cc(C)c(F)cc1[C@@H](C)N)C(C)C1CC1. The second kappa shape index (κ2) is 6.75. The van der Waals surface area contributed by atoms with Crippen molar-refractivity contribution in [1.82, 2.24) is 0 Å². The van der Waals surface area contributed by atoms with Gasteiger partial charge in [-0.2, -0.15) is 0 Å². The van der Waals surface area contributed by atoms with E-state index >= 15 is 0 Å². The first-order chi connectivity index (χ1) is 9.95. The summed E-state index contributed by atoms with van der Waals surface area (Å²) in [5.41, 5.74) is 8.67. The molecule has 2 N–H and O–H groups in total. The molecular weight excluding hydrogens is 267 g/mol. The zero-order valence-electron chi connectivity index (χ0n) is 13.5. The lowest BCUT2D eigenvalue weighted by Gasteiger charge is -2.34. The Morgan fingerprint density at radius 3 is 2.57 bits per heavy atom. The summed E-state index contributed by atoms with van der Waals surface area (Å²) in [6.07, 6.45) is 2.55. The molecule has 1 aromatic rings. The number of nitrogens with two attached hydrogens (primary N) is 1. The Morgan fingerprint density at radius 1 is 1.38 bits per heavy atom. The molecule has 0 radical (unpaired) electrons. The lowest BCUT2D eigenvalue weighted by molar-refractivity contribution is 0.202. The molecule has 2 rings (SSSR count). The molecule has 0 amide bonds. The highest BCUT2D eigenvalue weighted by Gasteiger charge is 2.33. The topological polar surface area (TPSA) is 38.5 Å². The maximum absolute atomic E-state index is 13.9. The van der Waals surface area contributed by atoms with Gasteiger partial charge in [0, 0.05) is 31.4 Å². The Kier molecular flexibility index (Phi) is 5.22. The highest BCUT2D eigenvalue weighted by atomic mass is 19.1. The third kappa shape index (κ3) is 3.74. The van der Waals surface area contributed by atoms with Gasteiger partial charge in [-0.05, 0) is 62.8 Å². The molecule has 1 saturated carbocycles. The molecular formula is C17H27FN2O. The minimum atomic E-state index is -0.188. The number of methoxy groups -OCH3 is 1. The Balaban J connectivity index is 2.39. The zero-order valence-corrected chi connectivity index (χ0v) is 13.5. The van der Waals surface area contributed by atoms with Crippen molar-refractivity contribution < 1.29 is 9.13 Å². The summed E-state index contributed by atoms with van der Waals surface area (Å²) < 4.78 is 19.2. The summed E-state index contributed by atoms with van der Waals surface area (Å²) in [7, 11) is 1.71. The van der Waals surface area contributed by atoms with Gasteiger partial charge in [0.2, 0.25) is 0 Å². The summed E-state index contributed by atoms with van der Waals surface area (Å²) >= 11 is 0. The third-order valence-electron chi connectivity index (χ3n) is 4.44. The molecule has 0 spiro atoms. The molecule has 1 fully saturated rings. The van der Waals surface area contributed by atoms with Crippen LogP contribution in [0.1, 0.15) is 43.9 Å². The predicted molar refractivity (Wildman–Crippen MR) is 85.1 cm³/mol. The van der Waals surface area contributed by atoms with E-state index < -0.39 is 0 Å². The molecule has 1 aromatic carbocycles. The van der Waals surface area contributed by atoms with E-state index in [1.54, 1.807) is 20.1 Å². The van der Waals surface area contributed by atoms with Crippen LogP contribution in [0, 0.1) is 18.7 Å². The fraction of sp³-hybridized carbons (Fsp3) is 0.647. The molecule has 0 aliphatic heterocycles. The van der Waals surface area contributed by atoms with E-state index in [-0.39, 0.29) is 11.9 Å². The summed E-state index contributed by atoms with van der Waals surface area (Å²) in [6.45, 7) is 7.42. The van der Waals surface area contributed by atoms with Crippen LogP contribution in [-0.4, -0.2) is 26.3 Å². The van der Waals surface area contributed by atoms with Crippen LogP contribution in [0.3, 0.4) is 0 Å². The summed E-state index contributed by atoms with van der Waals surface area (Å²) in [5.74, 6) is 0.546. The van der Waals surface area contributed by atoms with Crippen molar-refractivity contribution in [3.8, 4) is 0 Å². The van der Waals surface area contributed by atoms with E-state index in [0.29, 0.717) is 18.2 Å². The molecule has 21 heavy (non-hydrogen) atoms. The number of nitrogens with zero attached hydrogens (tertiary/aromatic N) is 1. The lowest BCUT2D eigenvalue weighted by Crippen LogP contribution is -2.38. The Morgan fingerprint density at radius 2 is 2.05 bits per heavy atom. The maximum atomic E-state index is 13.9. The van der Waals surface area contributed by atoms with Crippen molar-refractivity contribution in [2.45, 2.75) is 45.7 Å². The van der Waals surface area contributed by atoms with E-state index in [1.807, 2.05) is 13.0 Å². The molecule has 1 unspecified atom stereocenters. The van der Waals surface area contributed by atoms with E-state index in [0.717, 1.165) is 23.7 Å². The molecule has 0 bridgehead atoms. The number of anilines is 1. The van der Waals surface area contributed by atoms with E-state index in [1.165, 1.54) is 12.8 Å². The van der Waals surface area contributed by atoms with Crippen LogP contribution in [0.5, 0.6) is 0 Å². The van der Waals surface area contributed by atoms with E-state index in [9.17, 15) is 4.39 Å². The van der Waals surface area contributed by atoms with Crippen LogP contribution >= 0.6 is 0 Å². The number of ether oxygens (including phenoxy) is 1. The number of aryl methyl sites for hydroxylation is 1. The van der Waals surface area contributed by atoms with Crippen molar-refractivity contribution in [2.24, 2.45) is 11.7 Å². The van der Waals surface area contributed by atoms with Crippen LogP contribution in [0.4, 0.5) is 10.1 Å². The molecule has 1 aliphatic rings. The maximum Gasteiger partial charge on any atom is 0.126 e. The number of halogens is 1. The van der Waals surface area contributed by atoms with Crippen molar-refractivity contribution in [1.29, 1.82) is 0 Å². The second-order valence-electron chi connectivity index (χ2n) is 6.21. The van der Waals surface area contributed by atoms with Crippen LogP contribution in [0.25, 0.3) is 0 Å². The van der Waals surface area contributed by atoms with Gasteiger partial charge in [0.15, 0.2) is 0 Å². The smallest absolute Gasteiger partial charge is 0.126 e. The van der Waals surface area contributed by atoms with Gasteiger partial charge in [-0.15, -0.1) is 0 Å². The summed E-state index contributed by atoms with van der Waals surface area (Å²) in [6, 6.07) is 3.77. The van der Waals surface area contributed by atoms with E-state index in [4.69, 9.17) is 10.5 Å². The molecule has 4 heteroatoms. The largest absolute Gasteiger partial charge is 0.383 e. The molecule has 1 aliphatic carbocycles. The molecule has 3 nitrogen and oxygen atoms in total. The third-order valence-corrected chi connectivity index (χ3v) is 4.44. The molecule has 2 atom stereocenters. The summed E-state index contributed by atoms with van der Waals surface area (Å²) in [4.78, 5) is 2.34. The second-order valence-corrected chi connectivity index (χ2v) is 6.21. The van der Waals surface area contributed by atoms with Crippen LogP contribution in [0.15, 0.2) is 12.1 Å². The number of benzene rings is 1. The van der Waals surface area contributed by atoms with Crippen LogP contribution < -0.4 is 10.6 Å². The molecule has 118 valence electrons. The Labute approximate surface area is 127 Å². The average Bonchev–Trinajstić information content (AvgIpc) is 3.26. The first kappa shape index (κ1) is 16.2. The Bertz CT molecular complexity index is 486. The normalized spacial score (nSPS) is 17.6. The van der Waals surface area contributed by atoms with Crippen molar-refractivity contribution >= 4 is 5.69 Å². The van der Waals surface area contributed by atoms with Crippen molar-refractivity contribution in [3.05, 3.63) is 29.1 Å². The van der Waals surface area contributed by atoms with Gasteiger partial charge in [-0.25, -0.2) is 4.39 Å². The van der Waals surface area contributed by atoms with Crippen molar-refractivity contribution in [3.63, 3.8) is 0 Å². The number of hydrogen-bond donors (Lipinski definition) is 1. The minimum absolute atomic E-state index is 0.184. The van der Waals surface area contributed by atoms with Gasteiger partial charge < -0.3 is 15.4 Å². The zero-order chi connectivity index (χ0) is 15.6.